The number of anilines is 1. The highest BCUT2D eigenvalue weighted by Gasteiger charge is 2.26. The Hall–Kier alpha value is -1.86. The van der Waals surface area contributed by atoms with Gasteiger partial charge in [0.25, 0.3) is 10.0 Å². The summed E-state index contributed by atoms with van der Waals surface area (Å²) in [5.41, 5.74) is 2.69. The van der Waals surface area contributed by atoms with Gasteiger partial charge in [-0.1, -0.05) is 12.1 Å². The normalized spacial score (nSPS) is 18.3. The van der Waals surface area contributed by atoms with Crippen LogP contribution in [0, 0.1) is 13.8 Å². The molecule has 0 saturated carbocycles. The summed E-state index contributed by atoms with van der Waals surface area (Å²) in [5.74, 6) is 0. The molecular weight excluding hydrogens is 314 g/mol. The molecule has 3 rings (SSSR count). The second-order valence-corrected chi connectivity index (χ2v) is 7.83. The van der Waals surface area contributed by atoms with Gasteiger partial charge in [-0.2, -0.15) is 5.10 Å². The van der Waals surface area contributed by atoms with E-state index in [2.05, 4.69) is 5.10 Å². The van der Waals surface area contributed by atoms with Gasteiger partial charge in [-0.3, -0.25) is 8.99 Å². The molecule has 2 heterocycles. The van der Waals surface area contributed by atoms with E-state index in [1.54, 1.807) is 17.9 Å². The van der Waals surface area contributed by atoms with Crippen LogP contribution < -0.4 is 4.31 Å². The van der Waals surface area contributed by atoms with Crippen LogP contribution in [0.5, 0.6) is 0 Å². The molecular formula is C16H21N3O3S. The van der Waals surface area contributed by atoms with Crippen molar-refractivity contribution in [3.8, 4) is 0 Å². The van der Waals surface area contributed by atoms with Gasteiger partial charge in [0.15, 0.2) is 0 Å². The van der Waals surface area contributed by atoms with Gasteiger partial charge in [0.2, 0.25) is 0 Å². The average molecular weight is 335 g/mol. The molecule has 0 N–H and O–H groups in total. The summed E-state index contributed by atoms with van der Waals surface area (Å²) in [6.07, 6.45) is 3.86. The number of sulfonamides is 1. The van der Waals surface area contributed by atoms with Crippen molar-refractivity contribution >= 4 is 15.7 Å². The van der Waals surface area contributed by atoms with Crippen LogP contribution in [0.1, 0.15) is 23.6 Å². The smallest absolute Gasteiger partial charge is 0.267 e. The molecule has 1 aromatic carbocycles. The van der Waals surface area contributed by atoms with Crippen LogP contribution in [0.2, 0.25) is 0 Å². The first-order valence-corrected chi connectivity index (χ1v) is 9.02. The summed E-state index contributed by atoms with van der Waals surface area (Å²) < 4.78 is 34.1. The van der Waals surface area contributed by atoms with Crippen LogP contribution in [0.15, 0.2) is 35.5 Å². The minimum absolute atomic E-state index is 0.116. The van der Waals surface area contributed by atoms with Crippen LogP contribution in [-0.4, -0.2) is 38.5 Å². The molecule has 1 aliphatic rings. The molecule has 1 aromatic heterocycles. The first-order valence-electron chi connectivity index (χ1n) is 7.58. The summed E-state index contributed by atoms with van der Waals surface area (Å²) in [4.78, 5) is 0.202. The summed E-state index contributed by atoms with van der Waals surface area (Å²) in [7, 11) is -2.05. The summed E-state index contributed by atoms with van der Waals surface area (Å²) in [5, 5.41) is 4.21. The Kier molecular flexibility index (Phi) is 4.16. The van der Waals surface area contributed by atoms with E-state index < -0.39 is 10.0 Å². The SMILES string of the molecule is Cc1cccc(N(C)S(=O)(=O)c2cnn(C3CCOC3)c2)c1C. The number of ether oxygens (including phenoxy) is 1. The van der Waals surface area contributed by atoms with Gasteiger partial charge in [-0.05, 0) is 37.5 Å². The molecule has 1 aliphatic heterocycles. The van der Waals surface area contributed by atoms with Crippen molar-refractivity contribution in [2.24, 2.45) is 0 Å². The Morgan fingerprint density at radius 3 is 2.83 bits per heavy atom. The van der Waals surface area contributed by atoms with E-state index in [1.165, 1.54) is 10.5 Å². The van der Waals surface area contributed by atoms with Crippen LogP contribution in [0.4, 0.5) is 5.69 Å². The number of rotatable bonds is 4. The van der Waals surface area contributed by atoms with E-state index in [9.17, 15) is 8.42 Å². The molecule has 23 heavy (non-hydrogen) atoms. The van der Waals surface area contributed by atoms with E-state index in [-0.39, 0.29) is 10.9 Å². The van der Waals surface area contributed by atoms with Crippen molar-refractivity contribution in [3.63, 3.8) is 0 Å². The predicted molar refractivity (Wildman–Crippen MR) is 88.2 cm³/mol. The van der Waals surface area contributed by atoms with Gasteiger partial charge in [-0.15, -0.1) is 0 Å². The van der Waals surface area contributed by atoms with Crippen LogP contribution in [0.25, 0.3) is 0 Å². The fourth-order valence-electron chi connectivity index (χ4n) is 2.75. The summed E-state index contributed by atoms with van der Waals surface area (Å²) in [6.45, 7) is 5.16. The fourth-order valence-corrected chi connectivity index (χ4v) is 3.94. The van der Waals surface area contributed by atoms with Gasteiger partial charge in [0, 0.05) is 19.9 Å². The Bertz CT molecular complexity index is 808. The number of nitrogens with zero attached hydrogens (tertiary/aromatic N) is 3. The third-order valence-corrected chi connectivity index (χ3v) is 6.16. The van der Waals surface area contributed by atoms with Crippen molar-refractivity contribution in [3.05, 3.63) is 41.7 Å². The molecule has 0 bridgehead atoms. The zero-order valence-corrected chi connectivity index (χ0v) is 14.4. The maximum Gasteiger partial charge on any atom is 0.267 e. The number of benzene rings is 1. The van der Waals surface area contributed by atoms with E-state index >= 15 is 0 Å². The molecule has 1 fully saturated rings. The molecule has 0 amide bonds. The van der Waals surface area contributed by atoms with Crippen molar-refractivity contribution in [2.45, 2.75) is 31.2 Å². The highest BCUT2D eigenvalue weighted by atomic mass is 32.2. The second-order valence-electron chi connectivity index (χ2n) is 5.87. The fraction of sp³-hybridized carbons (Fsp3) is 0.438. The Morgan fingerprint density at radius 1 is 1.35 bits per heavy atom. The lowest BCUT2D eigenvalue weighted by molar-refractivity contribution is 0.184. The van der Waals surface area contributed by atoms with Crippen molar-refractivity contribution in [2.75, 3.05) is 24.6 Å². The highest BCUT2D eigenvalue weighted by Crippen LogP contribution is 2.27. The van der Waals surface area contributed by atoms with Gasteiger partial charge in [0.1, 0.15) is 4.90 Å². The first-order chi connectivity index (χ1) is 10.9. The van der Waals surface area contributed by atoms with Gasteiger partial charge < -0.3 is 4.74 Å². The van der Waals surface area contributed by atoms with Gasteiger partial charge in [-0.25, -0.2) is 8.42 Å². The van der Waals surface area contributed by atoms with Crippen LogP contribution >= 0.6 is 0 Å². The zero-order chi connectivity index (χ0) is 16.6. The molecule has 2 aromatic rings. The number of aromatic nitrogens is 2. The molecule has 1 saturated heterocycles. The second kappa shape index (κ2) is 5.98. The van der Waals surface area contributed by atoms with Gasteiger partial charge in [0.05, 0.1) is 24.5 Å². The molecule has 7 heteroatoms. The Morgan fingerprint density at radius 2 is 2.13 bits per heavy atom. The Balaban J connectivity index is 1.93. The maximum atomic E-state index is 12.9. The van der Waals surface area contributed by atoms with Crippen molar-refractivity contribution in [1.29, 1.82) is 0 Å². The first kappa shape index (κ1) is 16.0. The maximum absolute atomic E-state index is 12.9. The zero-order valence-electron chi connectivity index (χ0n) is 13.6. The van der Waals surface area contributed by atoms with E-state index in [1.807, 2.05) is 32.0 Å². The highest BCUT2D eigenvalue weighted by molar-refractivity contribution is 7.92. The third kappa shape index (κ3) is 2.86. The minimum atomic E-state index is -3.63. The lowest BCUT2D eigenvalue weighted by Crippen LogP contribution is -2.27. The topological polar surface area (TPSA) is 64.4 Å². The molecule has 6 nitrogen and oxygen atoms in total. The number of aryl methyl sites for hydroxylation is 1. The Labute approximate surface area is 136 Å². The standard InChI is InChI=1S/C16H21N3O3S/c1-12-5-4-6-16(13(12)2)18(3)23(20,21)15-9-17-19(10-15)14-7-8-22-11-14/h4-6,9-10,14H,7-8,11H2,1-3H3. The molecule has 0 aliphatic carbocycles. The summed E-state index contributed by atoms with van der Waals surface area (Å²) >= 11 is 0. The predicted octanol–water partition coefficient (Wildman–Crippen LogP) is 2.29. The van der Waals surface area contributed by atoms with Crippen LogP contribution in [0.3, 0.4) is 0 Å². The van der Waals surface area contributed by atoms with Gasteiger partial charge >= 0.3 is 0 Å². The minimum Gasteiger partial charge on any atom is -0.379 e. The molecule has 0 radical (unpaired) electrons. The molecule has 1 unspecified atom stereocenters. The van der Waals surface area contributed by atoms with E-state index in [0.29, 0.717) is 18.9 Å². The molecule has 124 valence electrons. The number of hydrogen-bond acceptors (Lipinski definition) is 4. The van der Waals surface area contributed by atoms with E-state index in [0.717, 1.165) is 17.5 Å². The molecule has 0 spiro atoms. The average Bonchev–Trinajstić information content (AvgIpc) is 3.20. The van der Waals surface area contributed by atoms with E-state index in [4.69, 9.17) is 4.74 Å². The quantitative estimate of drug-likeness (QED) is 0.860. The summed E-state index contributed by atoms with van der Waals surface area (Å²) in [6, 6.07) is 5.76. The molecule has 1 atom stereocenters. The largest absolute Gasteiger partial charge is 0.379 e. The number of hydrogen-bond donors (Lipinski definition) is 0. The lowest BCUT2D eigenvalue weighted by atomic mass is 10.1. The van der Waals surface area contributed by atoms with Crippen LogP contribution in [-0.2, 0) is 14.8 Å². The van der Waals surface area contributed by atoms with Crippen molar-refractivity contribution < 1.29 is 13.2 Å². The lowest BCUT2D eigenvalue weighted by Gasteiger charge is -2.21. The third-order valence-electron chi connectivity index (χ3n) is 4.43. The monoisotopic (exact) mass is 335 g/mol. The van der Waals surface area contributed by atoms with Crippen molar-refractivity contribution in [1.82, 2.24) is 9.78 Å².